The lowest BCUT2D eigenvalue weighted by Crippen LogP contribution is -2.19. The van der Waals surface area contributed by atoms with E-state index >= 15 is 0 Å². The fourth-order valence-electron chi connectivity index (χ4n) is 2.02. The molecule has 0 atom stereocenters. The van der Waals surface area contributed by atoms with Crippen LogP contribution in [-0.2, 0) is 0 Å². The highest BCUT2D eigenvalue weighted by Gasteiger charge is 2.19. The molecule has 19 heavy (non-hydrogen) atoms. The van der Waals surface area contributed by atoms with Gasteiger partial charge in [-0.05, 0) is 12.5 Å². The van der Waals surface area contributed by atoms with E-state index in [0.717, 1.165) is 12.8 Å². The van der Waals surface area contributed by atoms with Crippen LogP contribution in [0.15, 0.2) is 16.7 Å². The first-order valence-electron chi connectivity index (χ1n) is 7.03. The van der Waals surface area contributed by atoms with Crippen molar-refractivity contribution in [1.82, 2.24) is 5.32 Å². The molecule has 1 heterocycles. The van der Waals surface area contributed by atoms with Gasteiger partial charge in [0.2, 0.25) is 5.76 Å². The summed E-state index contributed by atoms with van der Waals surface area (Å²) in [5.41, 5.74) is 0.396. The van der Waals surface area contributed by atoms with Crippen molar-refractivity contribution >= 4 is 11.7 Å². The molecule has 0 aliphatic rings. The van der Waals surface area contributed by atoms with Gasteiger partial charge in [0.1, 0.15) is 0 Å². The summed E-state index contributed by atoms with van der Waals surface area (Å²) in [7, 11) is 1.52. The summed E-state index contributed by atoms with van der Waals surface area (Å²) >= 11 is 0. The van der Waals surface area contributed by atoms with Gasteiger partial charge in [-0.1, -0.05) is 39.0 Å². The molecule has 0 aliphatic heterocycles. The van der Waals surface area contributed by atoms with Crippen LogP contribution in [-0.4, -0.2) is 18.7 Å². The van der Waals surface area contributed by atoms with Crippen LogP contribution < -0.4 is 5.32 Å². The molecule has 1 aromatic heterocycles. The first-order valence-corrected chi connectivity index (χ1v) is 7.03. The van der Waals surface area contributed by atoms with Crippen molar-refractivity contribution in [1.29, 1.82) is 0 Å². The molecular formula is C15H23NO3. The molecule has 0 bridgehead atoms. The molecule has 1 aromatic rings. The minimum Gasteiger partial charge on any atom is -0.458 e. The van der Waals surface area contributed by atoms with Crippen LogP contribution in [0.4, 0.5) is 0 Å². The SMILES string of the molecule is CCCCCCCCC(=O)c1ccoc1C(=O)NC. The number of nitrogens with one attached hydrogen (secondary N) is 1. The van der Waals surface area contributed by atoms with Gasteiger partial charge in [0, 0.05) is 13.5 Å². The van der Waals surface area contributed by atoms with Crippen LogP contribution in [0.3, 0.4) is 0 Å². The third-order valence-electron chi connectivity index (χ3n) is 3.16. The number of hydrogen-bond acceptors (Lipinski definition) is 3. The zero-order valence-electron chi connectivity index (χ0n) is 11.8. The second-order valence-corrected chi connectivity index (χ2v) is 4.68. The van der Waals surface area contributed by atoms with E-state index in [0.29, 0.717) is 12.0 Å². The maximum Gasteiger partial charge on any atom is 0.287 e. The summed E-state index contributed by atoms with van der Waals surface area (Å²) in [6.45, 7) is 2.18. The normalized spacial score (nSPS) is 10.4. The summed E-state index contributed by atoms with van der Waals surface area (Å²) < 4.78 is 5.06. The average molecular weight is 265 g/mol. The smallest absolute Gasteiger partial charge is 0.287 e. The van der Waals surface area contributed by atoms with Gasteiger partial charge in [-0.3, -0.25) is 9.59 Å². The van der Waals surface area contributed by atoms with Gasteiger partial charge < -0.3 is 9.73 Å². The second-order valence-electron chi connectivity index (χ2n) is 4.68. The maximum absolute atomic E-state index is 12.0. The van der Waals surface area contributed by atoms with Gasteiger partial charge in [0.25, 0.3) is 5.91 Å². The van der Waals surface area contributed by atoms with Crippen molar-refractivity contribution in [3.8, 4) is 0 Å². The average Bonchev–Trinajstić information content (AvgIpc) is 2.91. The van der Waals surface area contributed by atoms with Gasteiger partial charge in [0.15, 0.2) is 5.78 Å². The number of carbonyl (C=O) groups excluding carboxylic acids is 2. The van der Waals surface area contributed by atoms with Gasteiger partial charge in [-0.15, -0.1) is 0 Å². The van der Waals surface area contributed by atoms with Crippen LogP contribution in [0.1, 0.15) is 72.8 Å². The molecule has 0 saturated heterocycles. The summed E-state index contributed by atoms with van der Waals surface area (Å²) in [5, 5.41) is 2.47. The highest BCUT2D eigenvalue weighted by molar-refractivity contribution is 6.06. The molecule has 1 rings (SSSR count). The van der Waals surface area contributed by atoms with E-state index in [1.807, 2.05) is 0 Å². The van der Waals surface area contributed by atoms with Crippen LogP contribution in [0.25, 0.3) is 0 Å². The highest BCUT2D eigenvalue weighted by atomic mass is 16.3. The summed E-state index contributed by atoms with van der Waals surface area (Å²) in [6, 6.07) is 1.57. The Kier molecular flexibility index (Phi) is 6.93. The standard InChI is InChI=1S/C15H23NO3/c1-3-4-5-6-7-8-9-13(17)12-10-11-19-14(12)15(18)16-2/h10-11H,3-9H2,1-2H3,(H,16,18). The van der Waals surface area contributed by atoms with E-state index in [2.05, 4.69) is 12.2 Å². The Morgan fingerprint density at radius 3 is 2.53 bits per heavy atom. The molecule has 1 amide bonds. The van der Waals surface area contributed by atoms with Crippen LogP contribution in [0.2, 0.25) is 0 Å². The Morgan fingerprint density at radius 2 is 1.84 bits per heavy atom. The minimum absolute atomic E-state index is 0.0113. The summed E-state index contributed by atoms with van der Waals surface area (Å²) in [4.78, 5) is 23.5. The number of carbonyl (C=O) groups is 2. The molecule has 0 aromatic carbocycles. The Bertz CT molecular complexity index is 409. The monoisotopic (exact) mass is 265 g/mol. The Balaban J connectivity index is 2.37. The lowest BCUT2D eigenvalue weighted by Gasteiger charge is -2.02. The van der Waals surface area contributed by atoms with Crippen LogP contribution in [0.5, 0.6) is 0 Å². The zero-order valence-corrected chi connectivity index (χ0v) is 11.8. The number of furan rings is 1. The van der Waals surface area contributed by atoms with E-state index in [1.54, 1.807) is 6.07 Å². The fraction of sp³-hybridized carbons (Fsp3) is 0.600. The predicted molar refractivity (Wildman–Crippen MR) is 74.4 cm³/mol. The fourth-order valence-corrected chi connectivity index (χ4v) is 2.02. The number of Topliss-reactive ketones (excluding diaryl/α,β-unsaturated/α-hetero) is 1. The first kappa shape index (κ1) is 15.5. The van der Waals surface area contributed by atoms with Crippen molar-refractivity contribution < 1.29 is 14.0 Å². The largest absolute Gasteiger partial charge is 0.458 e. The molecule has 0 unspecified atom stereocenters. The van der Waals surface area contributed by atoms with Crippen molar-refractivity contribution in [2.45, 2.75) is 51.9 Å². The van der Waals surface area contributed by atoms with E-state index in [1.165, 1.54) is 39.0 Å². The molecule has 0 radical (unpaired) electrons. The molecular weight excluding hydrogens is 242 g/mol. The minimum atomic E-state index is -0.351. The third kappa shape index (κ3) is 4.89. The molecule has 106 valence electrons. The van der Waals surface area contributed by atoms with E-state index in [4.69, 9.17) is 4.42 Å². The number of hydrogen-bond donors (Lipinski definition) is 1. The first-order chi connectivity index (χ1) is 9.20. The van der Waals surface area contributed by atoms with Crippen molar-refractivity contribution in [2.75, 3.05) is 7.05 Å². The van der Waals surface area contributed by atoms with E-state index < -0.39 is 0 Å². The van der Waals surface area contributed by atoms with Crippen molar-refractivity contribution in [3.63, 3.8) is 0 Å². The van der Waals surface area contributed by atoms with Gasteiger partial charge >= 0.3 is 0 Å². The summed E-state index contributed by atoms with van der Waals surface area (Å²) in [6.07, 6.45) is 8.71. The molecule has 1 N–H and O–H groups in total. The van der Waals surface area contributed by atoms with Gasteiger partial charge in [-0.25, -0.2) is 0 Å². The molecule has 4 heteroatoms. The van der Waals surface area contributed by atoms with E-state index in [9.17, 15) is 9.59 Å². The molecule has 0 aliphatic carbocycles. The topological polar surface area (TPSA) is 59.3 Å². The van der Waals surface area contributed by atoms with E-state index in [-0.39, 0.29) is 17.5 Å². The van der Waals surface area contributed by atoms with Gasteiger partial charge in [-0.2, -0.15) is 0 Å². The quantitative estimate of drug-likeness (QED) is 0.548. The Morgan fingerprint density at radius 1 is 1.16 bits per heavy atom. The molecule has 4 nitrogen and oxygen atoms in total. The molecule has 0 saturated carbocycles. The number of amides is 1. The van der Waals surface area contributed by atoms with Crippen molar-refractivity contribution in [3.05, 3.63) is 23.7 Å². The van der Waals surface area contributed by atoms with Crippen LogP contribution >= 0.6 is 0 Å². The maximum atomic E-state index is 12.0. The number of rotatable bonds is 9. The summed E-state index contributed by atoms with van der Waals surface area (Å²) in [5.74, 6) is -0.238. The Hall–Kier alpha value is -1.58. The number of ketones is 1. The second kappa shape index (κ2) is 8.51. The van der Waals surface area contributed by atoms with Gasteiger partial charge in [0.05, 0.1) is 11.8 Å². The lowest BCUT2D eigenvalue weighted by atomic mass is 10.0. The predicted octanol–water partition coefficient (Wildman–Crippen LogP) is 3.57. The van der Waals surface area contributed by atoms with Crippen molar-refractivity contribution in [2.24, 2.45) is 0 Å². The third-order valence-corrected chi connectivity index (χ3v) is 3.16. The molecule has 0 spiro atoms. The number of unbranched alkanes of at least 4 members (excludes halogenated alkanes) is 5. The zero-order chi connectivity index (χ0) is 14.1. The van der Waals surface area contributed by atoms with Crippen LogP contribution in [0, 0.1) is 0 Å². The highest BCUT2D eigenvalue weighted by Crippen LogP contribution is 2.15. The Labute approximate surface area is 114 Å². The molecule has 0 fully saturated rings. The lowest BCUT2D eigenvalue weighted by molar-refractivity contribution is 0.0913.